The third-order valence-corrected chi connectivity index (χ3v) is 2.84. The fourth-order valence-corrected chi connectivity index (χ4v) is 1.73. The lowest BCUT2D eigenvalue weighted by molar-refractivity contribution is -0.116. The number of carbonyl (C=O) groups is 1. The minimum absolute atomic E-state index is 0.0370. The van der Waals surface area contributed by atoms with Gasteiger partial charge in [-0.3, -0.25) is 4.79 Å². The molecule has 0 unspecified atom stereocenters. The number of amides is 1. The van der Waals surface area contributed by atoms with Crippen molar-refractivity contribution in [1.82, 2.24) is 0 Å². The predicted octanol–water partition coefficient (Wildman–Crippen LogP) is 2.73. The normalized spacial score (nSPS) is 10.2. The number of para-hydroxylation sites is 1. The molecule has 0 radical (unpaired) electrons. The minimum atomic E-state index is -0.447. The van der Waals surface area contributed by atoms with Crippen molar-refractivity contribution in [2.24, 2.45) is 0 Å². The molecule has 0 heterocycles. The van der Waals surface area contributed by atoms with Gasteiger partial charge in [0.2, 0.25) is 5.91 Å². The zero-order valence-electron chi connectivity index (χ0n) is 11.4. The number of hydrogen-bond donors (Lipinski definition) is 2. The van der Waals surface area contributed by atoms with Gasteiger partial charge in [-0.05, 0) is 29.8 Å². The quantitative estimate of drug-likeness (QED) is 0.859. The number of halogens is 1. The van der Waals surface area contributed by atoms with Gasteiger partial charge in [-0.25, -0.2) is 4.39 Å². The molecule has 110 valence electrons. The molecule has 4 nitrogen and oxygen atoms in total. The molecular weight excluding hydrogens is 273 g/mol. The third-order valence-electron chi connectivity index (χ3n) is 2.84. The highest BCUT2D eigenvalue weighted by Crippen LogP contribution is 2.15. The Labute approximate surface area is 122 Å². The van der Waals surface area contributed by atoms with Crippen LogP contribution in [0.25, 0.3) is 0 Å². The molecule has 2 aromatic carbocycles. The fourth-order valence-electron chi connectivity index (χ4n) is 1.73. The van der Waals surface area contributed by atoms with Crippen molar-refractivity contribution in [3.63, 3.8) is 0 Å². The van der Waals surface area contributed by atoms with Gasteiger partial charge in [-0.2, -0.15) is 0 Å². The van der Waals surface area contributed by atoms with Crippen LogP contribution in [0.1, 0.15) is 12.0 Å². The molecule has 0 aliphatic heterocycles. The molecular formula is C16H16FNO3. The largest absolute Gasteiger partial charge is 0.490 e. The van der Waals surface area contributed by atoms with Crippen molar-refractivity contribution in [3.05, 3.63) is 59.9 Å². The maximum absolute atomic E-state index is 13.3. The van der Waals surface area contributed by atoms with Crippen LogP contribution >= 0.6 is 0 Å². The first-order valence-electron chi connectivity index (χ1n) is 6.56. The number of aliphatic hydroxyl groups is 1. The molecule has 0 bridgehead atoms. The van der Waals surface area contributed by atoms with Crippen LogP contribution in [0.3, 0.4) is 0 Å². The highest BCUT2D eigenvalue weighted by atomic mass is 19.1. The molecule has 0 aliphatic carbocycles. The first-order chi connectivity index (χ1) is 10.2. The van der Waals surface area contributed by atoms with Crippen LogP contribution in [0, 0.1) is 5.82 Å². The van der Waals surface area contributed by atoms with Gasteiger partial charge in [0.15, 0.2) is 11.6 Å². The number of carbonyl (C=O) groups excluding carboxylic acids is 1. The number of rotatable bonds is 6. The number of benzene rings is 2. The summed E-state index contributed by atoms with van der Waals surface area (Å²) in [7, 11) is 0. The van der Waals surface area contributed by atoms with Gasteiger partial charge in [0.05, 0.1) is 19.6 Å². The van der Waals surface area contributed by atoms with Gasteiger partial charge < -0.3 is 15.2 Å². The van der Waals surface area contributed by atoms with Gasteiger partial charge in [0, 0.05) is 5.69 Å². The standard InChI is InChI=1S/C16H16FNO3/c17-14-3-1-2-4-15(14)21-10-9-16(20)18-13-7-5-12(11-19)6-8-13/h1-8,19H,9-11H2,(H,18,20). The molecule has 0 aliphatic rings. The Morgan fingerprint density at radius 2 is 1.86 bits per heavy atom. The molecule has 0 saturated heterocycles. The van der Waals surface area contributed by atoms with E-state index in [1.807, 2.05) is 0 Å². The molecule has 2 aromatic rings. The van der Waals surface area contributed by atoms with Crippen LogP contribution in [-0.2, 0) is 11.4 Å². The summed E-state index contributed by atoms with van der Waals surface area (Å²) in [5.41, 5.74) is 1.42. The Morgan fingerprint density at radius 1 is 1.14 bits per heavy atom. The highest BCUT2D eigenvalue weighted by molar-refractivity contribution is 5.90. The van der Waals surface area contributed by atoms with Gasteiger partial charge in [-0.15, -0.1) is 0 Å². The molecule has 0 atom stereocenters. The Hall–Kier alpha value is -2.40. The first-order valence-corrected chi connectivity index (χ1v) is 6.56. The van der Waals surface area contributed by atoms with E-state index in [4.69, 9.17) is 9.84 Å². The van der Waals surface area contributed by atoms with Crippen LogP contribution in [0.5, 0.6) is 5.75 Å². The van der Waals surface area contributed by atoms with Crippen LogP contribution in [0.2, 0.25) is 0 Å². The summed E-state index contributed by atoms with van der Waals surface area (Å²) >= 11 is 0. The summed E-state index contributed by atoms with van der Waals surface area (Å²) < 4.78 is 18.5. The first kappa shape index (κ1) is 15.0. The zero-order valence-corrected chi connectivity index (χ0v) is 11.4. The number of ether oxygens (including phenoxy) is 1. The van der Waals surface area contributed by atoms with Crippen molar-refractivity contribution in [3.8, 4) is 5.75 Å². The van der Waals surface area contributed by atoms with E-state index in [-0.39, 0.29) is 31.3 Å². The lowest BCUT2D eigenvalue weighted by atomic mass is 10.2. The van der Waals surface area contributed by atoms with Crippen LogP contribution in [0.4, 0.5) is 10.1 Å². The SMILES string of the molecule is O=C(CCOc1ccccc1F)Nc1ccc(CO)cc1. The smallest absolute Gasteiger partial charge is 0.227 e. The van der Waals surface area contributed by atoms with Crippen molar-refractivity contribution in [2.45, 2.75) is 13.0 Å². The topological polar surface area (TPSA) is 58.6 Å². The summed E-state index contributed by atoms with van der Waals surface area (Å²) in [4.78, 5) is 11.7. The van der Waals surface area contributed by atoms with Crippen LogP contribution in [0.15, 0.2) is 48.5 Å². The van der Waals surface area contributed by atoms with Gasteiger partial charge in [0.1, 0.15) is 0 Å². The van der Waals surface area contributed by atoms with Gasteiger partial charge in [0.25, 0.3) is 0 Å². The number of hydrogen-bond acceptors (Lipinski definition) is 3. The molecule has 21 heavy (non-hydrogen) atoms. The average molecular weight is 289 g/mol. The summed E-state index contributed by atoms with van der Waals surface area (Å²) in [5, 5.41) is 11.6. The van der Waals surface area contributed by atoms with E-state index in [1.54, 1.807) is 36.4 Å². The Kier molecular flexibility index (Phi) is 5.29. The lowest BCUT2D eigenvalue weighted by Gasteiger charge is -2.08. The molecule has 1 amide bonds. The molecule has 0 fully saturated rings. The van der Waals surface area contributed by atoms with E-state index in [1.165, 1.54) is 12.1 Å². The van der Waals surface area contributed by atoms with E-state index in [0.29, 0.717) is 5.69 Å². The molecule has 0 spiro atoms. The van der Waals surface area contributed by atoms with E-state index in [9.17, 15) is 9.18 Å². The second-order valence-electron chi connectivity index (χ2n) is 4.43. The molecule has 0 saturated carbocycles. The summed E-state index contributed by atoms with van der Waals surface area (Å²) in [6, 6.07) is 12.9. The van der Waals surface area contributed by atoms with E-state index >= 15 is 0 Å². The van der Waals surface area contributed by atoms with E-state index in [2.05, 4.69) is 5.32 Å². The van der Waals surface area contributed by atoms with Gasteiger partial charge in [-0.1, -0.05) is 24.3 Å². The predicted molar refractivity (Wildman–Crippen MR) is 77.5 cm³/mol. The maximum atomic E-state index is 13.3. The Bertz CT molecular complexity index is 599. The zero-order chi connectivity index (χ0) is 15.1. The van der Waals surface area contributed by atoms with Crippen molar-refractivity contribution in [2.75, 3.05) is 11.9 Å². The summed E-state index contributed by atoms with van der Waals surface area (Å²) in [5.74, 6) is -0.529. The number of anilines is 1. The Morgan fingerprint density at radius 3 is 2.52 bits per heavy atom. The lowest BCUT2D eigenvalue weighted by Crippen LogP contribution is -2.15. The maximum Gasteiger partial charge on any atom is 0.227 e. The monoisotopic (exact) mass is 289 g/mol. The molecule has 2 N–H and O–H groups in total. The molecule has 0 aromatic heterocycles. The summed E-state index contributed by atoms with van der Waals surface area (Å²) in [6.45, 7) is 0.0617. The average Bonchev–Trinajstić information content (AvgIpc) is 2.50. The highest BCUT2D eigenvalue weighted by Gasteiger charge is 2.05. The molecule has 2 rings (SSSR count). The fraction of sp³-hybridized carbons (Fsp3) is 0.188. The number of aliphatic hydroxyl groups excluding tert-OH is 1. The van der Waals surface area contributed by atoms with Crippen molar-refractivity contribution in [1.29, 1.82) is 0 Å². The van der Waals surface area contributed by atoms with Crippen LogP contribution in [-0.4, -0.2) is 17.6 Å². The van der Waals surface area contributed by atoms with E-state index < -0.39 is 5.82 Å². The van der Waals surface area contributed by atoms with E-state index in [0.717, 1.165) is 5.56 Å². The third kappa shape index (κ3) is 4.57. The van der Waals surface area contributed by atoms with Crippen LogP contribution < -0.4 is 10.1 Å². The van der Waals surface area contributed by atoms with Crippen molar-refractivity contribution >= 4 is 11.6 Å². The molecule has 5 heteroatoms. The van der Waals surface area contributed by atoms with Crippen molar-refractivity contribution < 1.29 is 19.0 Å². The Balaban J connectivity index is 1.78. The van der Waals surface area contributed by atoms with Gasteiger partial charge >= 0.3 is 0 Å². The summed E-state index contributed by atoms with van der Waals surface area (Å²) in [6.07, 6.45) is 0.121. The second-order valence-corrected chi connectivity index (χ2v) is 4.43. The second kappa shape index (κ2) is 7.40. The number of nitrogens with one attached hydrogen (secondary N) is 1. The minimum Gasteiger partial charge on any atom is -0.490 e.